The summed E-state index contributed by atoms with van der Waals surface area (Å²) in [7, 11) is 3.10. The maximum Gasteiger partial charge on any atom is 0.238 e. The zero-order chi connectivity index (χ0) is 15.7. The minimum absolute atomic E-state index is 0. The lowest BCUT2D eigenvalue weighted by molar-refractivity contribution is -0.115. The highest BCUT2D eigenvalue weighted by Crippen LogP contribution is 2.27. The summed E-state index contributed by atoms with van der Waals surface area (Å²) in [6, 6.07) is 5.02. The van der Waals surface area contributed by atoms with Crippen LogP contribution in [0.2, 0.25) is 0 Å². The molecule has 7 nitrogen and oxygen atoms in total. The van der Waals surface area contributed by atoms with E-state index in [9.17, 15) is 9.59 Å². The van der Waals surface area contributed by atoms with Crippen LogP contribution < -0.4 is 20.7 Å². The molecule has 0 aromatic heterocycles. The highest BCUT2D eigenvalue weighted by molar-refractivity contribution is 5.94. The summed E-state index contributed by atoms with van der Waals surface area (Å²) in [5.41, 5.74) is 1.15. The Morgan fingerprint density at radius 1 is 1.18 bits per heavy atom. The first kappa shape index (κ1) is 20.2. The second-order valence-corrected chi connectivity index (χ2v) is 4.31. The molecule has 1 aromatic rings. The molecule has 0 aliphatic rings. The number of halogens is 1. The fourth-order valence-corrected chi connectivity index (χ4v) is 1.64. The van der Waals surface area contributed by atoms with Gasteiger partial charge in [-0.05, 0) is 12.1 Å². The standard InChI is InChI=1S/C14H21N3O4.ClH/c1-10(18)16-12-5-4-11(8-13(12)21-3)17-14(19)9-15-6-7-20-2;/h4-5,8,15H,6-7,9H2,1-3H3,(H,16,18)(H,17,19);1H. The maximum atomic E-state index is 11.7. The molecule has 2 amide bonds. The normalized spacial score (nSPS) is 9.59. The molecule has 8 heteroatoms. The molecular weight excluding hydrogens is 310 g/mol. The number of hydrogen-bond donors (Lipinski definition) is 3. The monoisotopic (exact) mass is 331 g/mol. The van der Waals surface area contributed by atoms with Crippen LogP contribution in [-0.4, -0.2) is 45.7 Å². The molecule has 1 rings (SSSR count). The SMILES string of the molecule is COCCNCC(=O)Nc1ccc(NC(C)=O)c(OC)c1.Cl. The van der Waals surface area contributed by atoms with Gasteiger partial charge in [-0.25, -0.2) is 0 Å². The number of methoxy groups -OCH3 is 2. The Labute approximate surface area is 136 Å². The molecule has 1 aromatic carbocycles. The van der Waals surface area contributed by atoms with Gasteiger partial charge in [0.2, 0.25) is 11.8 Å². The van der Waals surface area contributed by atoms with Crippen LogP contribution in [-0.2, 0) is 14.3 Å². The Kier molecular flexibility index (Phi) is 9.93. The molecule has 0 heterocycles. The van der Waals surface area contributed by atoms with E-state index in [1.807, 2.05) is 0 Å². The third-order valence-corrected chi connectivity index (χ3v) is 2.56. The van der Waals surface area contributed by atoms with Crippen molar-refractivity contribution in [1.82, 2.24) is 5.32 Å². The summed E-state index contributed by atoms with van der Waals surface area (Å²) in [5, 5.41) is 8.34. The molecule has 0 aliphatic carbocycles. The molecule has 3 N–H and O–H groups in total. The Morgan fingerprint density at radius 3 is 2.50 bits per heavy atom. The minimum Gasteiger partial charge on any atom is -0.494 e. The van der Waals surface area contributed by atoms with Crippen molar-refractivity contribution in [3.05, 3.63) is 18.2 Å². The van der Waals surface area contributed by atoms with Gasteiger partial charge in [0.1, 0.15) is 5.75 Å². The number of anilines is 2. The molecule has 0 saturated carbocycles. The topological polar surface area (TPSA) is 88.7 Å². The molecule has 124 valence electrons. The van der Waals surface area contributed by atoms with Crippen molar-refractivity contribution >= 4 is 35.6 Å². The molecule has 0 unspecified atom stereocenters. The Morgan fingerprint density at radius 2 is 1.91 bits per heavy atom. The van der Waals surface area contributed by atoms with Crippen molar-refractivity contribution in [2.75, 3.05) is 44.5 Å². The van der Waals surface area contributed by atoms with Gasteiger partial charge in [0.25, 0.3) is 0 Å². The van der Waals surface area contributed by atoms with Gasteiger partial charge in [-0.15, -0.1) is 12.4 Å². The van der Waals surface area contributed by atoms with E-state index in [2.05, 4.69) is 16.0 Å². The van der Waals surface area contributed by atoms with Gasteiger partial charge in [0.05, 0.1) is 25.9 Å². The zero-order valence-electron chi connectivity index (χ0n) is 12.9. The quantitative estimate of drug-likeness (QED) is 0.624. The van der Waals surface area contributed by atoms with Crippen molar-refractivity contribution in [3.63, 3.8) is 0 Å². The van der Waals surface area contributed by atoms with Crippen molar-refractivity contribution in [2.24, 2.45) is 0 Å². The summed E-state index contributed by atoms with van der Waals surface area (Å²) >= 11 is 0. The molecule has 22 heavy (non-hydrogen) atoms. The number of hydrogen-bond acceptors (Lipinski definition) is 5. The van der Waals surface area contributed by atoms with E-state index in [4.69, 9.17) is 9.47 Å². The number of carbonyl (C=O) groups excluding carboxylic acids is 2. The van der Waals surface area contributed by atoms with E-state index < -0.39 is 0 Å². The van der Waals surface area contributed by atoms with E-state index in [0.29, 0.717) is 30.3 Å². The predicted octanol–water partition coefficient (Wildman–Crippen LogP) is 1.25. The highest BCUT2D eigenvalue weighted by Gasteiger charge is 2.08. The van der Waals surface area contributed by atoms with Crippen LogP contribution in [0.5, 0.6) is 5.75 Å². The van der Waals surface area contributed by atoms with Crippen LogP contribution in [0.15, 0.2) is 18.2 Å². The van der Waals surface area contributed by atoms with Crippen molar-refractivity contribution in [2.45, 2.75) is 6.92 Å². The van der Waals surface area contributed by atoms with Gasteiger partial charge in [0.15, 0.2) is 0 Å². The lowest BCUT2D eigenvalue weighted by Gasteiger charge is -2.12. The first-order valence-corrected chi connectivity index (χ1v) is 6.52. The van der Waals surface area contributed by atoms with Crippen molar-refractivity contribution in [1.29, 1.82) is 0 Å². The average Bonchev–Trinajstić information content (AvgIpc) is 2.44. The summed E-state index contributed by atoms with van der Waals surface area (Å²) in [5.74, 6) is 0.128. The fourth-order valence-electron chi connectivity index (χ4n) is 1.64. The first-order valence-electron chi connectivity index (χ1n) is 6.52. The number of nitrogens with one attached hydrogen (secondary N) is 3. The van der Waals surface area contributed by atoms with Gasteiger partial charge in [-0.1, -0.05) is 0 Å². The van der Waals surface area contributed by atoms with Crippen LogP contribution in [0.3, 0.4) is 0 Å². The number of ether oxygens (including phenoxy) is 2. The third-order valence-electron chi connectivity index (χ3n) is 2.56. The molecule has 0 fully saturated rings. The first-order chi connectivity index (χ1) is 10.1. The zero-order valence-corrected chi connectivity index (χ0v) is 13.7. The smallest absolute Gasteiger partial charge is 0.238 e. The minimum atomic E-state index is -0.188. The lowest BCUT2D eigenvalue weighted by atomic mass is 10.2. The van der Waals surface area contributed by atoms with Crippen LogP contribution in [0, 0.1) is 0 Å². The van der Waals surface area contributed by atoms with Crippen LogP contribution in [0.4, 0.5) is 11.4 Å². The second kappa shape index (κ2) is 10.8. The Balaban J connectivity index is 0.00000441. The van der Waals surface area contributed by atoms with Gasteiger partial charge >= 0.3 is 0 Å². The van der Waals surface area contributed by atoms with Crippen molar-refractivity contribution in [3.8, 4) is 5.75 Å². The second-order valence-electron chi connectivity index (χ2n) is 4.31. The van der Waals surface area contributed by atoms with Gasteiger partial charge < -0.3 is 25.4 Å². The Hall–Kier alpha value is -1.83. The van der Waals surface area contributed by atoms with E-state index in [1.165, 1.54) is 14.0 Å². The van der Waals surface area contributed by atoms with Gasteiger partial charge in [-0.2, -0.15) is 0 Å². The molecular formula is C14H22ClN3O4. The summed E-state index contributed by atoms with van der Waals surface area (Å²) < 4.78 is 10.1. The summed E-state index contributed by atoms with van der Waals surface area (Å²) in [4.78, 5) is 22.8. The molecule has 0 spiro atoms. The van der Waals surface area contributed by atoms with Crippen molar-refractivity contribution < 1.29 is 19.1 Å². The molecule has 0 saturated heterocycles. The van der Waals surface area contributed by atoms with E-state index >= 15 is 0 Å². The predicted molar refractivity (Wildman–Crippen MR) is 87.9 cm³/mol. The molecule has 0 radical (unpaired) electrons. The van der Waals surface area contributed by atoms with Crippen LogP contribution in [0.1, 0.15) is 6.92 Å². The third kappa shape index (κ3) is 7.26. The average molecular weight is 332 g/mol. The Bertz CT molecular complexity index is 497. The van der Waals surface area contributed by atoms with Gasteiger partial charge in [0, 0.05) is 32.3 Å². The molecule has 0 aliphatic heterocycles. The number of benzene rings is 1. The lowest BCUT2D eigenvalue weighted by Crippen LogP contribution is -2.30. The summed E-state index contributed by atoms with van der Waals surface area (Å²) in [6.45, 7) is 2.77. The number of rotatable bonds is 8. The van der Waals surface area contributed by atoms with Crippen LogP contribution in [0.25, 0.3) is 0 Å². The largest absolute Gasteiger partial charge is 0.494 e. The maximum absolute atomic E-state index is 11.7. The van der Waals surface area contributed by atoms with Gasteiger partial charge in [-0.3, -0.25) is 9.59 Å². The summed E-state index contributed by atoms with van der Waals surface area (Å²) in [6.07, 6.45) is 0. The van der Waals surface area contributed by atoms with E-state index in [1.54, 1.807) is 25.3 Å². The van der Waals surface area contributed by atoms with Crippen LogP contribution >= 0.6 is 12.4 Å². The fraction of sp³-hybridized carbons (Fsp3) is 0.429. The molecule has 0 bridgehead atoms. The highest BCUT2D eigenvalue weighted by atomic mass is 35.5. The number of carbonyl (C=O) groups is 2. The molecule has 0 atom stereocenters. The van der Waals surface area contributed by atoms with E-state index in [-0.39, 0.29) is 30.8 Å². The number of amides is 2. The van der Waals surface area contributed by atoms with E-state index in [0.717, 1.165) is 0 Å².